The van der Waals surface area contributed by atoms with Gasteiger partial charge in [0.25, 0.3) is 0 Å². The molecule has 0 radical (unpaired) electrons. The van der Waals surface area contributed by atoms with Crippen LogP contribution in [0, 0.1) is 23.7 Å². The Hall–Kier alpha value is -7.28. The molecule has 0 aromatic heterocycles. The van der Waals surface area contributed by atoms with E-state index in [4.69, 9.17) is 0 Å². The molecule has 0 heteroatoms. The van der Waals surface area contributed by atoms with Gasteiger partial charge in [-0.2, -0.15) is 0 Å². The van der Waals surface area contributed by atoms with E-state index >= 15 is 0 Å². The number of hydrogen-bond acceptors (Lipinski definition) is 0. The lowest BCUT2D eigenvalue weighted by Gasteiger charge is -2.61. The Labute approximate surface area is 386 Å². The summed E-state index contributed by atoms with van der Waals surface area (Å²) in [5.41, 5.74) is 16.6. The predicted octanol–water partition coefficient (Wildman–Crippen LogP) is 17.8. The first-order valence-electron chi connectivity index (χ1n) is 24.4. The van der Waals surface area contributed by atoms with Crippen molar-refractivity contribution < 1.29 is 0 Å². The zero-order valence-corrected chi connectivity index (χ0v) is 37.0. The van der Waals surface area contributed by atoms with E-state index in [1.807, 2.05) is 0 Å². The molecule has 0 heterocycles. The van der Waals surface area contributed by atoms with Gasteiger partial charge in [0.15, 0.2) is 0 Å². The van der Waals surface area contributed by atoms with Crippen LogP contribution in [-0.4, -0.2) is 0 Å². The Bertz CT molecular complexity index is 3750. The summed E-state index contributed by atoms with van der Waals surface area (Å²) in [6, 6.07) is 78.7. The van der Waals surface area contributed by atoms with Gasteiger partial charge in [0, 0.05) is 5.41 Å². The highest BCUT2D eigenvalue weighted by Gasteiger charge is 2.62. The molecule has 0 unspecified atom stereocenters. The summed E-state index contributed by atoms with van der Waals surface area (Å²) in [7, 11) is 0. The van der Waals surface area contributed by atoms with Gasteiger partial charge in [0.1, 0.15) is 0 Å². The average molecular weight is 841 g/mol. The number of fused-ring (bicyclic) bond motifs is 10. The maximum Gasteiger partial charge on any atom is 0.0278 e. The van der Waals surface area contributed by atoms with E-state index in [0.29, 0.717) is 0 Å². The Kier molecular flexibility index (Phi) is 7.77. The van der Waals surface area contributed by atoms with Crippen LogP contribution in [0.4, 0.5) is 0 Å². The second-order valence-corrected chi connectivity index (χ2v) is 20.3. The second kappa shape index (κ2) is 13.9. The van der Waals surface area contributed by atoms with Gasteiger partial charge >= 0.3 is 0 Å². The highest BCUT2D eigenvalue weighted by molar-refractivity contribution is 6.23. The van der Waals surface area contributed by atoms with E-state index < -0.39 is 0 Å². The highest BCUT2D eigenvalue weighted by atomic mass is 14.6. The first-order valence-corrected chi connectivity index (χ1v) is 24.4. The molecule has 0 amide bonds. The van der Waals surface area contributed by atoms with E-state index in [1.165, 1.54) is 142 Å². The fraction of sp³-hybridized carbons (Fsp3) is 0.152. The van der Waals surface area contributed by atoms with Gasteiger partial charge in [-0.15, -0.1) is 0 Å². The number of benzene rings is 11. The van der Waals surface area contributed by atoms with Crippen molar-refractivity contribution in [3.8, 4) is 55.6 Å². The number of hydrogen-bond donors (Lipinski definition) is 0. The third-order valence-corrected chi connectivity index (χ3v) is 17.2. The molecule has 0 aliphatic heterocycles. The molecular weight excluding hydrogens is 793 g/mol. The summed E-state index contributed by atoms with van der Waals surface area (Å²) in [5.74, 6) is 3.28. The van der Waals surface area contributed by atoms with Crippen molar-refractivity contribution in [3.63, 3.8) is 0 Å². The minimum atomic E-state index is 0.108. The molecule has 4 bridgehead atoms. The lowest BCUT2D eigenvalue weighted by atomic mass is 9.43. The van der Waals surface area contributed by atoms with Crippen LogP contribution in [0.25, 0.3) is 109 Å². The van der Waals surface area contributed by atoms with Crippen LogP contribution >= 0.6 is 0 Å². The van der Waals surface area contributed by atoms with Crippen molar-refractivity contribution in [2.45, 2.75) is 37.5 Å². The summed E-state index contributed by atoms with van der Waals surface area (Å²) < 4.78 is 0. The smallest absolute Gasteiger partial charge is 0.0278 e. The lowest BCUT2D eigenvalue weighted by molar-refractivity contribution is -0.0393. The van der Waals surface area contributed by atoms with Crippen molar-refractivity contribution in [1.29, 1.82) is 0 Å². The Morgan fingerprint density at radius 2 is 0.818 bits per heavy atom. The van der Waals surface area contributed by atoms with E-state index in [2.05, 4.69) is 206 Å². The minimum Gasteiger partial charge on any atom is -0.0622 e. The molecule has 1 spiro atoms. The van der Waals surface area contributed by atoms with Gasteiger partial charge in [-0.05, 0) is 195 Å². The van der Waals surface area contributed by atoms with Gasteiger partial charge in [-0.25, -0.2) is 0 Å². The topological polar surface area (TPSA) is 0 Å². The van der Waals surface area contributed by atoms with Crippen LogP contribution in [0.1, 0.15) is 43.2 Å². The summed E-state index contributed by atoms with van der Waals surface area (Å²) in [4.78, 5) is 0. The third kappa shape index (κ3) is 5.11. The molecule has 5 aliphatic rings. The zero-order valence-electron chi connectivity index (χ0n) is 37.0. The largest absolute Gasteiger partial charge is 0.0622 e. The molecule has 312 valence electrons. The molecular formula is C66H48. The maximum absolute atomic E-state index is 2.62. The fourth-order valence-electron chi connectivity index (χ4n) is 14.9. The molecule has 0 nitrogen and oxygen atoms in total. The molecule has 16 rings (SSSR count). The highest BCUT2D eigenvalue weighted by Crippen LogP contribution is 2.70. The van der Waals surface area contributed by atoms with E-state index in [-0.39, 0.29) is 5.41 Å². The van der Waals surface area contributed by atoms with Crippen molar-refractivity contribution in [2.24, 2.45) is 23.7 Å². The van der Waals surface area contributed by atoms with E-state index in [9.17, 15) is 0 Å². The van der Waals surface area contributed by atoms with Crippen LogP contribution in [0.3, 0.4) is 0 Å². The van der Waals surface area contributed by atoms with Gasteiger partial charge in [-0.3, -0.25) is 0 Å². The van der Waals surface area contributed by atoms with Crippen molar-refractivity contribution >= 4 is 53.9 Å². The fourth-order valence-corrected chi connectivity index (χ4v) is 14.9. The first-order chi connectivity index (χ1) is 32.7. The molecule has 11 aromatic rings. The summed E-state index contributed by atoms with van der Waals surface area (Å²) in [5, 5.41) is 13.2. The molecule has 11 aromatic carbocycles. The maximum atomic E-state index is 2.62. The second-order valence-electron chi connectivity index (χ2n) is 20.3. The van der Waals surface area contributed by atoms with Crippen LogP contribution in [0.2, 0.25) is 0 Å². The monoisotopic (exact) mass is 840 g/mol. The predicted molar refractivity (Wildman–Crippen MR) is 279 cm³/mol. The Morgan fingerprint density at radius 1 is 0.288 bits per heavy atom. The molecule has 4 saturated carbocycles. The molecule has 66 heavy (non-hydrogen) atoms. The molecule has 4 fully saturated rings. The minimum absolute atomic E-state index is 0.108. The Balaban J connectivity index is 0.906. The van der Waals surface area contributed by atoms with Crippen molar-refractivity contribution in [1.82, 2.24) is 0 Å². The summed E-state index contributed by atoms with van der Waals surface area (Å²) >= 11 is 0. The lowest BCUT2D eigenvalue weighted by Crippen LogP contribution is -2.55. The third-order valence-electron chi connectivity index (χ3n) is 17.2. The Morgan fingerprint density at radius 3 is 1.50 bits per heavy atom. The quantitative estimate of drug-likeness (QED) is 0.122. The van der Waals surface area contributed by atoms with Gasteiger partial charge in [0.05, 0.1) is 0 Å². The van der Waals surface area contributed by atoms with Crippen LogP contribution in [-0.2, 0) is 5.41 Å². The van der Waals surface area contributed by atoms with E-state index in [1.54, 1.807) is 11.1 Å². The van der Waals surface area contributed by atoms with Gasteiger partial charge in [0.2, 0.25) is 0 Å². The number of rotatable bonds is 4. The van der Waals surface area contributed by atoms with Crippen molar-refractivity contribution in [3.05, 3.63) is 217 Å². The van der Waals surface area contributed by atoms with Crippen LogP contribution in [0.15, 0.2) is 206 Å². The van der Waals surface area contributed by atoms with Crippen molar-refractivity contribution in [2.75, 3.05) is 0 Å². The standard InChI is InChI=1S/C66H48/c1-2-12-42(13-3-1)44-25-28-52-45(37-44)22-23-46-38-47(26-29-53(46)52)51-15-6-7-17-55(51)64-58-20-10-8-18-56(58)63(57-19-9-11-21-59(57)64)48-27-31-62-61(39-48)60-30-24-43-14-4-5-16-54(43)65(60)66(62)49-33-40-32-41(35-49)36-50(66)34-40/h1-31,37-41,49-50H,32-36H2. The summed E-state index contributed by atoms with van der Waals surface area (Å²) in [6.07, 6.45) is 7.03. The summed E-state index contributed by atoms with van der Waals surface area (Å²) in [6.45, 7) is 0. The first kappa shape index (κ1) is 37.0. The zero-order chi connectivity index (χ0) is 43.1. The van der Waals surface area contributed by atoms with Crippen LogP contribution in [0.5, 0.6) is 0 Å². The normalized spacial score (nSPS) is 21.4. The van der Waals surface area contributed by atoms with Crippen LogP contribution < -0.4 is 0 Å². The molecule has 5 aliphatic carbocycles. The van der Waals surface area contributed by atoms with Gasteiger partial charge < -0.3 is 0 Å². The average Bonchev–Trinajstić information content (AvgIpc) is 3.67. The van der Waals surface area contributed by atoms with E-state index in [0.717, 1.165) is 23.7 Å². The SMILES string of the molecule is c1ccc(-c2ccc3c(ccc4cc(-c5ccccc5-c5c6ccccc6c(-c6ccc7c(c6)-c6ccc8ccccc8c6C76C7CC8CC(C7)CC6C8)c6ccccc56)ccc43)c2)cc1. The van der Waals surface area contributed by atoms with Gasteiger partial charge in [-0.1, -0.05) is 188 Å². The molecule has 0 N–H and O–H groups in total. The molecule has 0 saturated heterocycles. The molecule has 0 atom stereocenters.